The van der Waals surface area contributed by atoms with Crippen molar-refractivity contribution in [3.8, 4) is 17.6 Å². The van der Waals surface area contributed by atoms with Gasteiger partial charge in [-0.2, -0.15) is 5.26 Å². The number of likely N-dealkylation sites (N-methyl/N-ethyl adjacent to an activating group) is 1. The summed E-state index contributed by atoms with van der Waals surface area (Å²) in [4.78, 5) is 23.7. The highest BCUT2D eigenvalue weighted by Crippen LogP contribution is 2.29. The van der Waals surface area contributed by atoms with Gasteiger partial charge in [-0.25, -0.2) is 0 Å². The van der Waals surface area contributed by atoms with Gasteiger partial charge >= 0.3 is 0 Å². The third kappa shape index (κ3) is 5.88. The number of para-hydroxylation sites is 1. The van der Waals surface area contributed by atoms with Gasteiger partial charge in [0.25, 0.3) is 11.8 Å². The van der Waals surface area contributed by atoms with Gasteiger partial charge in [0.2, 0.25) is 0 Å². The number of rotatable bonds is 8. The van der Waals surface area contributed by atoms with E-state index in [1.165, 1.54) is 13.1 Å². The number of benzene rings is 2. The van der Waals surface area contributed by atoms with Crippen LogP contribution in [0.1, 0.15) is 12.5 Å². The second kappa shape index (κ2) is 10.4. The number of nitrogens with zero attached hydrogens (tertiary/aromatic N) is 1. The summed E-state index contributed by atoms with van der Waals surface area (Å²) in [6.45, 7) is 2.02. The van der Waals surface area contributed by atoms with Crippen molar-refractivity contribution in [2.75, 3.05) is 25.6 Å². The molecular formula is C21H21N3O4. The lowest BCUT2D eigenvalue weighted by molar-refractivity contribution is -0.118. The first-order valence-corrected chi connectivity index (χ1v) is 8.65. The number of nitriles is 1. The van der Waals surface area contributed by atoms with Crippen molar-refractivity contribution >= 4 is 23.6 Å². The first-order valence-electron chi connectivity index (χ1n) is 8.65. The Hall–Kier alpha value is -3.79. The summed E-state index contributed by atoms with van der Waals surface area (Å²) in [5.41, 5.74) is 1.25. The molecule has 2 aromatic rings. The predicted molar refractivity (Wildman–Crippen MR) is 106 cm³/mol. The van der Waals surface area contributed by atoms with Gasteiger partial charge in [0.05, 0.1) is 6.61 Å². The Bertz CT molecular complexity index is 902. The van der Waals surface area contributed by atoms with Gasteiger partial charge in [0, 0.05) is 12.7 Å². The van der Waals surface area contributed by atoms with E-state index < -0.39 is 5.91 Å². The number of amides is 2. The summed E-state index contributed by atoms with van der Waals surface area (Å²) in [7, 11) is 1.45. The fraction of sp³-hybridized carbons (Fsp3) is 0.190. The van der Waals surface area contributed by atoms with E-state index in [2.05, 4.69) is 10.6 Å². The lowest BCUT2D eigenvalue weighted by atomic mass is 10.1. The lowest BCUT2D eigenvalue weighted by Crippen LogP contribution is -2.20. The van der Waals surface area contributed by atoms with Crippen LogP contribution in [0.5, 0.6) is 11.5 Å². The summed E-state index contributed by atoms with van der Waals surface area (Å²) < 4.78 is 11.1. The van der Waals surface area contributed by atoms with Crippen molar-refractivity contribution in [3.63, 3.8) is 0 Å². The number of nitrogens with one attached hydrogen (secondary N) is 2. The van der Waals surface area contributed by atoms with Crippen LogP contribution in [-0.2, 0) is 9.59 Å². The zero-order chi connectivity index (χ0) is 20.4. The summed E-state index contributed by atoms with van der Waals surface area (Å²) in [5.74, 6) is 0.0287. The minimum absolute atomic E-state index is 0.0270. The summed E-state index contributed by atoms with van der Waals surface area (Å²) in [5, 5.41) is 14.2. The predicted octanol–water partition coefficient (Wildman–Crippen LogP) is 2.76. The first kappa shape index (κ1) is 20.5. The Kier molecular flexibility index (Phi) is 7.61. The van der Waals surface area contributed by atoms with Crippen molar-refractivity contribution in [3.05, 3.63) is 59.7 Å². The molecule has 0 aliphatic heterocycles. The molecule has 7 heteroatoms. The molecule has 0 saturated carbocycles. The van der Waals surface area contributed by atoms with Gasteiger partial charge in [0.1, 0.15) is 11.6 Å². The smallest absolute Gasteiger partial charge is 0.262 e. The topological polar surface area (TPSA) is 100 Å². The average molecular weight is 379 g/mol. The molecule has 0 spiro atoms. The van der Waals surface area contributed by atoms with Crippen LogP contribution in [0.3, 0.4) is 0 Å². The summed E-state index contributed by atoms with van der Waals surface area (Å²) in [6, 6.07) is 15.9. The van der Waals surface area contributed by atoms with Crippen LogP contribution < -0.4 is 20.1 Å². The van der Waals surface area contributed by atoms with Gasteiger partial charge in [-0.05, 0) is 42.8 Å². The van der Waals surface area contributed by atoms with Crippen LogP contribution in [0.2, 0.25) is 0 Å². The Morgan fingerprint density at radius 1 is 1.11 bits per heavy atom. The van der Waals surface area contributed by atoms with Crippen molar-refractivity contribution < 1.29 is 19.1 Å². The largest absolute Gasteiger partial charge is 0.490 e. The van der Waals surface area contributed by atoms with E-state index in [4.69, 9.17) is 14.7 Å². The van der Waals surface area contributed by atoms with Crippen molar-refractivity contribution in [2.24, 2.45) is 0 Å². The molecule has 0 aromatic heterocycles. The van der Waals surface area contributed by atoms with E-state index in [9.17, 15) is 9.59 Å². The molecule has 0 fully saturated rings. The Morgan fingerprint density at radius 3 is 2.50 bits per heavy atom. The van der Waals surface area contributed by atoms with Crippen LogP contribution in [-0.4, -0.2) is 32.1 Å². The van der Waals surface area contributed by atoms with E-state index >= 15 is 0 Å². The standard InChI is InChI=1S/C21H21N3O4/c1-3-27-19-12-15(11-16(13-22)21(26)23-2)9-10-18(19)28-14-20(25)24-17-7-5-4-6-8-17/h4-12H,3,14H2,1-2H3,(H,23,26)(H,24,25)/b16-11+. The molecule has 2 rings (SSSR count). The van der Waals surface area contributed by atoms with E-state index in [1.807, 2.05) is 31.2 Å². The number of ether oxygens (including phenoxy) is 2. The van der Waals surface area contributed by atoms with Crippen LogP contribution in [0.15, 0.2) is 54.1 Å². The maximum atomic E-state index is 12.0. The molecule has 0 aliphatic carbocycles. The number of hydrogen-bond acceptors (Lipinski definition) is 5. The van der Waals surface area contributed by atoms with Crippen LogP contribution in [0, 0.1) is 11.3 Å². The number of carbonyl (C=O) groups excluding carboxylic acids is 2. The molecule has 0 unspecified atom stereocenters. The lowest BCUT2D eigenvalue weighted by Gasteiger charge is -2.13. The molecule has 0 aliphatic rings. The summed E-state index contributed by atoms with van der Waals surface area (Å²) in [6.07, 6.45) is 1.45. The van der Waals surface area contributed by atoms with Gasteiger partial charge in [-0.1, -0.05) is 24.3 Å². The van der Waals surface area contributed by atoms with Crippen molar-refractivity contribution in [1.29, 1.82) is 5.26 Å². The maximum absolute atomic E-state index is 12.0. The highest BCUT2D eigenvalue weighted by Gasteiger charge is 2.11. The zero-order valence-electron chi connectivity index (χ0n) is 15.7. The highest BCUT2D eigenvalue weighted by molar-refractivity contribution is 6.01. The van der Waals surface area contributed by atoms with E-state index in [-0.39, 0.29) is 18.1 Å². The minimum Gasteiger partial charge on any atom is -0.490 e. The van der Waals surface area contributed by atoms with Gasteiger partial charge < -0.3 is 20.1 Å². The molecule has 0 radical (unpaired) electrons. The molecule has 2 aromatic carbocycles. The molecule has 144 valence electrons. The molecule has 28 heavy (non-hydrogen) atoms. The Balaban J connectivity index is 2.12. The number of carbonyl (C=O) groups is 2. The molecule has 0 heterocycles. The quantitative estimate of drug-likeness (QED) is 0.543. The van der Waals surface area contributed by atoms with Crippen molar-refractivity contribution in [2.45, 2.75) is 6.92 Å². The first-order chi connectivity index (χ1) is 13.6. The molecule has 2 amide bonds. The SMILES string of the molecule is CCOc1cc(/C=C(\C#N)C(=O)NC)ccc1OCC(=O)Nc1ccccc1. The van der Waals surface area contributed by atoms with Gasteiger partial charge in [0.15, 0.2) is 18.1 Å². The number of anilines is 1. The van der Waals surface area contributed by atoms with E-state index in [1.54, 1.807) is 30.3 Å². The van der Waals surface area contributed by atoms with Crippen molar-refractivity contribution in [1.82, 2.24) is 5.32 Å². The highest BCUT2D eigenvalue weighted by atomic mass is 16.5. The minimum atomic E-state index is -0.474. The summed E-state index contributed by atoms with van der Waals surface area (Å²) >= 11 is 0. The molecule has 0 atom stereocenters. The molecule has 7 nitrogen and oxygen atoms in total. The van der Waals surface area contributed by atoms with Crippen LogP contribution in [0.4, 0.5) is 5.69 Å². The molecule has 0 saturated heterocycles. The Labute approximate surface area is 163 Å². The second-order valence-electron chi connectivity index (χ2n) is 5.59. The zero-order valence-corrected chi connectivity index (χ0v) is 15.7. The molecular weight excluding hydrogens is 358 g/mol. The van der Waals surface area contributed by atoms with Crippen LogP contribution in [0.25, 0.3) is 6.08 Å². The van der Waals surface area contributed by atoms with E-state index in [0.29, 0.717) is 29.4 Å². The van der Waals surface area contributed by atoms with Gasteiger partial charge in [-0.3, -0.25) is 9.59 Å². The average Bonchev–Trinajstić information content (AvgIpc) is 2.71. The molecule has 0 bridgehead atoms. The fourth-order valence-corrected chi connectivity index (χ4v) is 2.31. The molecule has 2 N–H and O–H groups in total. The monoisotopic (exact) mass is 379 g/mol. The van der Waals surface area contributed by atoms with Gasteiger partial charge in [-0.15, -0.1) is 0 Å². The number of hydrogen-bond donors (Lipinski definition) is 2. The normalized spacial score (nSPS) is 10.5. The Morgan fingerprint density at radius 2 is 1.86 bits per heavy atom. The maximum Gasteiger partial charge on any atom is 0.262 e. The van der Waals surface area contributed by atoms with E-state index in [0.717, 1.165) is 0 Å². The fourth-order valence-electron chi connectivity index (χ4n) is 2.31. The van der Waals surface area contributed by atoms with Crippen LogP contribution >= 0.6 is 0 Å². The third-order valence-corrected chi connectivity index (χ3v) is 3.59. The third-order valence-electron chi connectivity index (χ3n) is 3.59. The second-order valence-corrected chi connectivity index (χ2v) is 5.59.